The first-order valence-electron chi connectivity index (χ1n) is 5.73. The van der Waals surface area contributed by atoms with E-state index in [0.717, 1.165) is 6.07 Å². The van der Waals surface area contributed by atoms with Crippen molar-refractivity contribution in [1.29, 1.82) is 0 Å². The lowest BCUT2D eigenvalue weighted by atomic mass is 10.2. The van der Waals surface area contributed by atoms with E-state index in [1.807, 2.05) is 0 Å². The second-order valence-electron chi connectivity index (χ2n) is 4.17. The lowest BCUT2D eigenvalue weighted by molar-refractivity contribution is -0.136. The summed E-state index contributed by atoms with van der Waals surface area (Å²) in [6.45, 7) is 0. The van der Waals surface area contributed by atoms with Crippen molar-refractivity contribution in [1.82, 2.24) is 14.4 Å². The highest BCUT2D eigenvalue weighted by Gasteiger charge is 2.34. The van der Waals surface area contributed by atoms with Gasteiger partial charge in [-0.1, -0.05) is 6.07 Å². The summed E-state index contributed by atoms with van der Waals surface area (Å²) in [6.07, 6.45) is -1.51. The molecular formula is C13H9F3N4. The van der Waals surface area contributed by atoms with Crippen LogP contribution in [0.25, 0.3) is 17.0 Å². The molecule has 20 heavy (non-hydrogen) atoms. The zero-order valence-corrected chi connectivity index (χ0v) is 10.1. The molecule has 0 aliphatic rings. The number of aromatic nitrogens is 3. The first-order valence-corrected chi connectivity index (χ1v) is 5.73. The molecule has 0 atom stereocenters. The van der Waals surface area contributed by atoms with Gasteiger partial charge >= 0.3 is 6.18 Å². The van der Waals surface area contributed by atoms with E-state index < -0.39 is 11.7 Å². The topological polar surface area (TPSA) is 56.2 Å². The number of hydrogen-bond acceptors (Lipinski definition) is 3. The summed E-state index contributed by atoms with van der Waals surface area (Å²) in [5.74, 6) is 0.129. The maximum absolute atomic E-state index is 13.0. The summed E-state index contributed by atoms with van der Waals surface area (Å²) in [7, 11) is 0. The molecule has 0 unspecified atom stereocenters. The zero-order valence-electron chi connectivity index (χ0n) is 10.1. The Morgan fingerprint density at radius 2 is 1.90 bits per heavy atom. The molecule has 0 aromatic carbocycles. The van der Waals surface area contributed by atoms with E-state index >= 15 is 0 Å². The monoisotopic (exact) mass is 278 g/mol. The maximum Gasteiger partial charge on any atom is 0.419 e. The first kappa shape index (κ1) is 12.5. The zero-order chi connectivity index (χ0) is 14.3. The van der Waals surface area contributed by atoms with Crippen LogP contribution in [0.5, 0.6) is 0 Å². The van der Waals surface area contributed by atoms with E-state index in [0.29, 0.717) is 5.69 Å². The van der Waals surface area contributed by atoms with Crippen molar-refractivity contribution in [2.75, 3.05) is 5.73 Å². The highest BCUT2D eigenvalue weighted by molar-refractivity contribution is 5.73. The molecular weight excluding hydrogens is 269 g/mol. The van der Waals surface area contributed by atoms with E-state index in [2.05, 4.69) is 9.97 Å². The molecule has 0 spiro atoms. The molecule has 2 N–H and O–H groups in total. The van der Waals surface area contributed by atoms with Crippen LogP contribution in [-0.4, -0.2) is 14.4 Å². The summed E-state index contributed by atoms with van der Waals surface area (Å²) < 4.78 is 40.1. The normalized spacial score (nSPS) is 11.9. The van der Waals surface area contributed by atoms with Gasteiger partial charge in [0.05, 0.1) is 11.3 Å². The molecule has 0 aliphatic heterocycles. The molecule has 3 heterocycles. The molecule has 3 aromatic rings. The highest BCUT2D eigenvalue weighted by Crippen LogP contribution is 2.34. The van der Waals surface area contributed by atoms with Crippen LogP contribution in [0.1, 0.15) is 5.56 Å². The number of fused-ring (bicyclic) bond motifs is 1. The number of nitrogens with zero attached hydrogens (tertiary/aromatic N) is 3. The van der Waals surface area contributed by atoms with Crippen molar-refractivity contribution in [3.8, 4) is 11.4 Å². The largest absolute Gasteiger partial charge is 0.419 e. The van der Waals surface area contributed by atoms with E-state index in [9.17, 15) is 13.2 Å². The smallest absolute Gasteiger partial charge is 0.383 e. The Kier molecular flexibility index (Phi) is 2.63. The van der Waals surface area contributed by atoms with Crippen molar-refractivity contribution >= 4 is 11.5 Å². The Bertz CT molecular complexity index is 762. The molecule has 0 bridgehead atoms. The number of nitrogen functional groups attached to an aromatic ring is 1. The lowest BCUT2D eigenvalue weighted by Gasteiger charge is -2.07. The molecule has 0 saturated heterocycles. The van der Waals surface area contributed by atoms with Crippen LogP contribution < -0.4 is 5.73 Å². The van der Waals surface area contributed by atoms with Gasteiger partial charge < -0.3 is 5.73 Å². The molecule has 0 aliphatic carbocycles. The maximum atomic E-state index is 13.0. The van der Waals surface area contributed by atoms with Gasteiger partial charge in [0.15, 0.2) is 5.65 Å². The van der Waals surface area contributed by atoms with E-state index in [-0.39, 0.29) is 17.2 Å². The van der Waals surface area contributed by atoms with Gasteiger partial charge in [-0.25, -0.2) is 4.98 Å². The molecule has 3 rings (SSSR count). The fourth-order valence-corrected chi connectivity index (χ4v) is 2.00. The Morgan fingerprint density at radius 1 is 1.10 bits per heavy atom. The molecule has 0 fully saturated rings. The van der Waals surface area contributed by atoms with Crippen LogP contribution in [-0.2, 0) is 6.18 Å². The minimum Gasteiger partial charge on any atom is -0.383 e. The van der Waals surface area contributed by atoms with Gasteiger partial charge in [0.1, 0.15) is 11.5 Å². The third-order valence-electron chi connectivity index (χ3n) is 2.90. The molecule has 7 heteroatoms. The van der Waals surface area contributed by atoms with Crippen LogP contribution in [0.4, 0.5) is 19.0 Å². The predicted molar refractivity (Wildman–Crippen MR) is 67.8 cm³/mol. The molecule has 0 saturated carbocycles. The van der Waals surface area contributed by atoms with Crippen molar-refractivity contribution in [3.63, 3.8) is 0 Å². The fourth-order valence-electron chi connectivity index (χ4n) is 2.00. The third-order valence-corrected chi connectivity index (χ3v) is 2.90. The Morgan fingerprint density at radius 3 is 2.55 bits per heavy atom. The number of pyridine rings is 2. The van der Waals surface area contributed by atoms with E-state index in [1.165, 1.54) is 22.9 Å². The van der Waals surface area contributed by atoms with Gasteiger partial charge in [0.2, 0.25) is 0 Å². The second kappa shape index (κ2) is 4.22. The summed E-state index contributed by atoms with van der Waals surface area (Å²) >= 11 is 0. The van der Waals surface area contributed by atoms with E-state index in [4.69, 9.17) is 5.73 Å². The number of alkyl halides is 3. The SMILES string of the molecule is Nc1c(-c2ccccn2)nc2c(C(F)(F)F)cccn12. The van der Waals surface area contributed by atoms with Crippen LogP contribution >= 0.6 is 0 Å². The average Bonchev–Trinajstić information content (AvgIpc) is 2.76. The van der Waals surface area contributed by atoms with Gasteiger partial charge in [0.25, 0.3) is 0 Å². The van der Waals surface area contributed by atoms with Crippen LogP contribution in [0.3, 0.4) is 0 Å². The van der Waals surface area contributed by atoms with Gasteiger partial charge in [-0.2, -0.15) is 13.2 Å². The molecule has 0 amide bonds. The van der Waals surface area contributed by atoms with Crippen molar-refractivity contribution < 1.29 is 13.2 Å². The van der Waals surface area contributed by atoms with Crippen molar-refractivity contribution in [3.05, 3.63) is 48.3 Å². The minimum absolute atomic E-state index is 0.129. The summed E-state index contributed by atoms with van der Waals surface area (Å²) in [5.41, 5.74) is 5.50. The van der Waals surface area contributed by atoms with Gasteiger partial charge in [-0.15, -0.1) is 0 Å². The van der Waals surface area contributed by atoms with Crippen molar-refractivity contribution in [2.45, 2.75) is 6.18 Å². The average molecular weight is 278 g/mol. The van der Waals surface area contributed by atoms with Crippen molar-refractivity contribution in [2.24, 2.45) is 0 Å². The quantitative estimate of drug-likeness (QED) is 0.744. The number of halogens is 3. The molecule has 4 nitrogen and oxygen atoms in total. The fraction of sp³-hybridized carbons (Fsp3) is 0.0769. The molecule has 0 radical (unpaired) electrons. The second-order valence-corrected chi connectivity index (χ2v) is 4.17. The number of rotatable bonds is 1. The van der Waals surface area contributed by atoms with Gasteiger partial charge in [0, 0.05) is 12.4 Å². The molecule has 102 valence electrons. The van der Waals surface area contributed by atoms with Gasteiger partial charge in [-0.3, -0.25) is 9.38 Å². The standard InChI is InChI=1S/C13H9F3N4/c14-13(15,16)8-4-3-7-20-11(17)10(19-12(8)20)9-5-1-2-6-18-9/h1-7H,17H2. The third kappa shape index (κ3) is 1.87. The lowest BCUT2D eigenvalue weighted by Crippen LogP contribution is -2.07. The summed E-state index contributed by atoms with van der Waals surface area (Å²) in [6, 6.07) is 7.33. The van der Waals surface area contributed by atoms with Crippen LogP contribution in [0.2, 0.25) is 0 Å². The van der Waals surface area contributed by atoms with E-state index in [1.54, 1.807) is 18.2 Å². The number of nitrogens with two attached hydrogens (primary N) is 1. The predicted octanol–water partition coefficient (Wildman–Crippen LogP) is 3.00. The minimum atomic E-state index is -4.48. The van der Waals surface area contributed by atoms with Crippen LogP contribution in [0.15, 0.2) is 42.7 Å². The number of imidazole rings is 1. The highest BCUT2D eigenvalue weighted by atomic mass is 19.4. The number of anilines is 1. The summed E-state index contributed by atoms with van der Waals surface area (Å²) in [5, 5.41) is 0. The Hall–Kier alpha value is -2.57. The number of hydrogen-bond donors (Lipinski definition) is 1. The van der Waals surface area contributed by atoms with Crippen LogP contribution in [0, 0.1) is 0 Å². The first-order chi connectivity index (χ1) is 9.48. The Balaban J connectivity index is 2.31. The summed E-state index contributed by atoms with van der Waals surface area (Å²) in [4.78, 5) is 8.06. The molecule has 3 aromatic heterocycles. The van der Waals surface area contributed by atoms with Gasteiger partial charge in [-0.05, 0) is 24.3 Å². The Labute approximate surface area is 111 Å².